The molecule has 1 fully saturated rings. The average Bonchev–Trinajstić information content (AvgIpc) is 2.70. The van der Waals surface area contributed by atoms with Crippen LogP contribution >= 0.6 is 0 Å². The molecule has 2 aliphatic heterocycles. The van der Waals surface area contributed by atoms with Crippen molar-refractivity contribution in [1.29, 1.82) is 0 Å². The minimum Gasteiger partial charge on any atom is -0.497 e. The molecule has 0 radical (unpaired) electrons. The molecule has 2 aromatic rings. The van der Waals surface area contributed by atoms with Gasteiger partial charge in [0.25, 0.3) is 5.91 Å². The predicted octanol–water partition coefficient (Wildman–Crippen LogP) is 3.95. The highest BCUT2D eigenvalue weighted by Crippen LogP contribution is 2.40. The number of hydrogen-bond acceptors (Lipinski definition) is 4. The molecular weight excluding hydrogens is 354 g/mol. The average molecular weight is 379 g/mol. The molecular formula is C23H25NO4. The quantitative estimate of drug-likeness (QED) is 0.793. The summed E-state index contributed by atoms with van der Waals surface area (Å²) in [4.78, 5) is 27.5. The van der Waals surface area contributed by atoms with Crippen molar-refractivity contribution in [2.75, 3.05) is 20.2 Å². The number of rotatable bonds is 2. The van der Waals surface area contributed by atoms with Gasteiger partial charge in [0.15, 0.2) is 5.78 Å². The van der Waals surface area contributed by atoms with Gasteiger partial charge in [-0.1, -0.05) is 6.07 Å². The molecule has 0 aromatic heterocycles. The standard InChI is InChI=1S/C23H25NO4/c1-15-4-5-17(12-16(15)2)22(26)24-10-8-23(9-11-24)14-20(25)19-13-18(27-3)6-7-21(19)28-23/h4-7,12-13H,8-11,14H2,1-3H3. The molecule has 1 spiro atoms. The van der Waals surface area contributed by atoms with Gasteiger partial charge in [0.1, 0.15) is 17.1 Å². The summed E-state index contributed by atoms with van der Waals surface area (Å²) in [6.45, 7) is 5.24. The normalized spacial score (nSPS) is 17.8. The Kier molecular flexibility index (Phi) is 4.61. The van der Waals surface area contributed by atoms with Crippen molar-refractivity contribution in [3.63, 3.8) is 0 Å². The lowest BCUT2D eigenvalue weighted by atomic mass is 9.82. The number of amides is 1. The van der Waals surface area contributed by atoms with Crippen LogP contribution in [0, 0.1) is 13.8 Å². The molecule has 2 aliphatic rings. The van der Waals surface area contributed by atoms with Crippen LogP contribution in [0.2, 0.25) is 0 Å². The third kappa shape index (κ3) is 3.26. The van der Waals surface area contributed by atoms with E-state index in [9.17, 15) is 9.59 Å². The number of methoxy groups -OCH3 is 1. The van der Waals surface area contributed by atoms with Crippen LogP contribution in [-0.4, -0.2) is 42.4 Å². The van der Waals surface area contributed by atoms with Gasteiger partial charge in [0.2, 0.25) is 0 Å². The Balaban J connectivity index is 1.48. The van der Waals surface area contributed by atoms with Gasteiger partial charge in [-0.3, -0.25) is 9.59 Å². The summed E-state index contributed by atoms with van der Waals surface area (Å²) in [6, 6.07) is 11.2. The molecule has 0 unspecified atom stereocenters. The number of aryl methyl sites for hydroxylation is 2. The van der Waals surface area contributed by atoms with Crippen LogP contribution in [-0.2, 0) is 0 Å². The SMILES string of the molecule is COc1ccc2c(c1)C(=O)CC1(CCN(C(=O)c3ccc(C)c(C)c3)CC1)O2. The summed E-state index contributed by atoms with van der Waals surface area (Å²) in [5.41, 5.74) is 3.08. The monoisotopic (exact) mass is 379 g/mol. The number of carbonyl (C=O) groups is 2. The van der Waals surface area contributed by atoms with E-state index in [1.54, 1.807) is 19.2 Å². The van der Waals surface area contributed by atoms with E-state index in [-0.39, 0.29) is 11.7 Å². The maximum absolute atomic E-state index is 12.9. The molecule has 146 valence electrons. The Labute approximate surface area is 165 Å². The van der Waals surface area contributed by atoms with E-state index < -0.39 is 5.60 Å². The Morgan fingerprint density at radius 1 is 1.07 bits per heavy atom. The van der Waals surface area contributed by atoms with Crippen LogP contribution < -0.4 is 9.47 Å². The van der Waals surface area contributed by atoms with E-state index in [1.807, 2.05) is 43.0 Å². The number of nitrogens with zero attached hydrogens (tertiary/aromatic N) is 1. The summed E-state index contributed by atoms with van der Waals surface area (Å²) >= 11 is 0. The van der Waals surface area contributed by atoms with Crippen molar-refractivity contribution >= 4 is 11.7 Å². The van der Waals surface area contributed by atoms with Crippen LogP contribution in [0.5, 0.6) is 11.5 Å². The van der Waals surface area contributed by atoms with Gasteiger partial charge in [-0.05, 0) is 55.3 Å². The smallest absolute Gasteiger partial charge is 0.253 e. The minimum absolute atomic E-state index is 0.0465. The molecule has 5 heteroatoms. The van der Waals surface area contributed by atoms with Crippen molar-refractivity contribution < 1.29 is 19.1 Å². The zero-order valence-corrected chi connectivity index (χ0v) is 16.6. The van der Waals surface area contributed by atoms with E-state index in [2.05, 4.69) is 0 Å². The third-order valence-electron chi connectivity index (χ3n) is 6.01. The number of carbonyl (C=O) groups excluding carboxylic acids is 2. The Morgan fingerprint density at radius 3 is 2.50 bits per heavy atom. The highest BCUT2D eigenvalue weighted by molar-refractivity contribution is 6.01. The van der Waals surface area contributed by atoms with E-state index in [0.29, 0.717) is 49.4 Å². The number of likely N-dealkylation sites (tertiary alicyclic amines) is 1. The number of hydrogen-bond donors (Lipinski definition) is 0. The molecule has 0 saturated carbocycles. The second kappa shape index (κ2) is 6.97. The fourth-order valence-electron chi connectivity index (χ4n) is 4.05. The number of Topliss-reactive ketones (excluding diaryl/α,β-unsaturated/α-hetero) is 1. The summed E-state index contributed by atoms with van der Waals surface area (Å²) in [7, 11) is 1.58. The molecule has 28 heavy (non-hydrogen) atoms. The fourth-order valence-corrected chi connectivity index (χ4v) is 4.05. The third-order valence-corrected chi connectivity index (χ3v) is 6.01. The molecule has 0 atom stereocenters. The molecule has 1 amide bonds. The lowest BCUT2D eigenvalue weighted by molar-refractivity contribution is -0.00576. The predicted molar refractivity (Wildman–Crippen MR) is 106 cm³/mol. The van der Waals surface area contributed by atoms with Gasteiger partial charge in [-0.2, -0.15) is 0 Å². The summed E-state index contributed by atoms with van der Waals surface area (Å²) < 4.78 is 11.5. The van der Waals surface area contributed by atoms with E-state index >= 15 is 0 Å². The second-order valence-corrected chi connectivity index (χ2v) is 7.84. The first-order chi connectivity index (χ1) is 13.4. The lowest BCUT2D eigenvalue weighted by Crippen LogP contribution is -2.52. The van der Waals surface area contributed by atoms with Gasteiger partial charge in [-0.15, -0.1) is 0 Å². The molecule has 1 saturated heterocycles. The van der Waals surface area contributed by atoms with E-state index in [4.69, 9.17) is 9.47 Å². The number of ether oxygens (including phenoxy) is 2. The number of ketones is 1. The zero-order chi connectivity index (χ0) is 19.9. The van der Waals surface area contributed by atoms with E-state index in [0.717, 1.165) is 11.1 Å². The van der Waals surface area contributed by atoms with Crippen molar-refractivity contribution in [3.05, 3.63) is 58.7 Å². The Hall–Kier alpha value is -2.82. The van der Waals surface area contributed by atoms with Crippen LogP contribution in [0.1, 0.15) is 51.1 Å². The largest absolute Gasteiger partial charge is 0.497 e. The van der Waals surface area contributed by atoms with Crippen molar-refractivity contribution in [3.8, 4) is 11.5 Å². The lowest BCUT2D eigenvalue weighted by Gasteiger charge is -2.44. The first-order valence-electron chi connectivity index (χ1n) is 9.68. The van der Waals surface area contributed by atoms with E-state index in [1.165, 1.54) is 5.56 Å². The van der Waals surface area contributed by atoms with Crippen molar-refractivity contribution in [2.24, 2.45) is 0 Å². The topological polar surface area (TPSA) is 55.8 Å². The fraction of sp³-hybridized carbons (Fsp3) is 0.391. The van der Waals surface area contributed by atoms with Gasteiger partial charge in [0, 0.05) is 31.5 Å². The second-order valence-electron chi connectivity index (χ2n) is 7.84. The van der Waals surface area contributed by atoms with Crippen LogP contribution in [0.15, 0.2) is 36.4 Å². The molecule has 4 rings (SSSR count). The minimum atomic E-state index is -0.515. The van der Waals surface area contributed by atoms with Gasteiger partial charge < -0.3 is 14.4 Å². The number of fused-ring (bicyclic) bond motifs is 1. The first-order valence-corrected chi connectivity index (χ1v) is 9.68. The summed E-state index contributed by atoms with van der Waals surface area (Å²) in [5.74, 6) is 1.39. The molecule has 5 nitrogen and oxygen atoms in total. The van der Waals surface area contributed by atoms with Crippen LogP contribution in [0.25, 0.3) is 0 Å². The van der Waals surface area contributed by atoms with Gasteiger partial charge >= 0.3 is 0 Å². The highest BCUT2D eigenvalue weighted by Gasteiger charge is 2.43. The zero-order valence-electron chi connectivity index (χ0n) is 16.6. The molecule has 2 heterocycles. The van der Waals surface area contributed by atoms with Crippen LogP contribution in [0.4, 0.5) is 0 Å². The van der Waals surface area contributed by atoms with Gasteiger partial charge in [0.05, 0.1) is 19.1 Å². The Morgan fingerprint density at radius 2 is 1.82 bits per heavy atom. The van der Waals surface area contributed by atoms with Crippen LogP contribution in [0.3, 0.4) is 0 Å². The number of piperidine rings is 1. The first kappa shape index (κ1) is 18.5. The summed E-state index contributed by atoms with van der Waals surface area (Å²) in [5, 5.41) is 0. The molecule has 0 bridgehead atoms. The molecule has 2 aromatic carbocycles. The van der Waals surface area contributed by atoms with Crippen molar-refractivity contribution in [2.45, 2.75) is 38.7 Å². The maximum atomic E-state index is 12.9. The molecule has 0 aliphatic carbocycles. The molecule has 0 N–H and O–H groups in total. The maximum Gasteiger partial charge on any atom is 0.253 e. The number of benzene rings is 2. The highest BCUT2D eigenvalue weighted by atomic mass is 16.5. The Bertz CT molecular complexity index is 942. The van der Waals surface area contributed by atoms with Gasteiger partial charge in [-0.25, -0.2) is 0 Å². The summed E-state index contributed by atoms with van der Waals surface area (Å²) in [6.07, 6.45) is 1.65. The van der Waals surface area contributed by atoms with Crippen molar-refractivity contribution in [1.82, 2.24) is 4.90 Å².